The van der Waals surface area contributed by atoms with E-state index >= 15 is 4.39 Å². The van der Waals surface area contributed by atoms with Gasteiger partial charge in [-0.3, -0.25) is 9.78 Å². The number of phenols is 1. The zero-order valence-corrected chi connectivity index (χ0v) is 21.9. The molecule has 40 heavy (non-hydrogen) atoms. The first-order chi connectivity index (χ1) is 19.2. The van der Waals surface area contributed by atoms with Gasteiger partial charge in [-0.25, -0.2) is 23.1 Å². The van der Waals surface area contributed by atoms with Crippen molar-refractivity contribution < 1.29 is 18.7 Å². The molecule has 0 saturated carbocycles. The molecule has 0 aliphatic carbocycles. The van der Waals surface area contributed by atoms with Crippen LogP contribution in [0.15, 0.2) is 66.6 Å². The monoisotopic (exact) mass is 544 g/mol. The van der Waals surface area contributed by atoms with Crippen molar-refractivity contribution in [3.8, 4) is 22.7 Å². The molecule has 1 aliphatic heterocycles. The van der Waals surface area contributed by atoms with Gasteiger partial charge in [0.25, 0.3) is 0 Å². The van der Waals surface area contributed by atoms with Crippen molar-refractivity contribution in [2.45, 2.75) is 19.9 Å². The number of carbonyl (C=O) groups excluding carboxylic acids is 1. The third-order valence-corrected chi connectivity index (χ3v) is 7.01. The summed E-state index contributed by atoms with van der Waals surface area (Å²) in [5.41, 5.74) is -0.0143. The van der Waals surface area contributed by atoms with Crippen molar-refractivity contribution >= 4 is 22.8 Å². The highest BCUT2D eigenvalue weighted by Crippen LogP contribution is 2.36. The average Bonchev–Trinajstić information content (AvgIpc) is 2.93. The van der Waals surface area contributed by atoms with Gasteiger partial charge in [-0.15, -0.1) is 6.58 Å². The molecule has 1 N–H and O–H groups in total. The van der Waals surface area contributed by atoms with Crippen LogP contribution in [0.5, 0.6) is 5.75 Å². The Morgan fingerprint density at radius 3 is 2.58 bits per heavy atom. The number of rotatable bonds is 5. The minimum atomic E-state index is -0.920. The van der Waals surface area contributed by atoms with Gasteiger partial charge in [-0.05, 0) is 49.8 Å². The average molecular weight is 545 g/mol. The van der Waals surface area contributed by atoms with Crippen LogP contribution in [0, 0.1) is 25.5 Å². The van der Waals surface area contributed by atoms with Crippen molar-refractivity contribution in [1.82, 2.24) is 24.4 Å². The van der Waals surface area contributed by atoms with E-state index in [2.05, 4.69) is 28.1 Å². The summed E-state index contributed by atoms with van der Waals surface area (Å²) in [5.74, 6) is -2.41. The van der Waals surface area contributed by atoms with E-state index in [9.17, 15) is 19.1 Å². The number of aryl methyl sites for hydroxylation is 2. The lowest BCUT2D eigenvalue weighted by Crippen LogP contribution is -2.54. The molecule has 0 spiro atoms. The second-order valence-electron chi connectivity index (χ2n) is 9.42. The van der Waals surface area contributed by atoms with Gasteiger partial charge >= 0.3 is 5.69 Å². The summed E-state index contributed by atoms with van der Waals surface area (Å²) in [6, 6.07) is 5.99. The molecular weight excluding hydrogens is 518 g/mol. The summed E-state index contributed by atoms with van der Waals surface area (Å²) >= 11 is 0. The summed E-state index contributed by atoms with van der Waals surface area (Å²) in [4.78, 5) is 42.4. The number of amides is 1. The quantitative estimate of drug-likeness (QED) is 0.301. The topological polar surface area (TPSA) is 104 Å². The third-order valence-electron chi connectivity index (χ3n) is 7.01. The van der Waals surface area contributed by atoms with Crippen LogP contribution in [0.1, 0.15) is 11.3 Å². The number of aromatic nitrogens is 4. The Balaban J connectivity index is 1.82. The minimum absolute atomic E-state index is 0.000614. The van der Waals surface area contributed by atoms with Gasteiger partial charge in [0.2, 0.25) is 5.91 Å². The zero-order valence-electron chi connectivity index (χ0n) is 21.9. The lowest BCUT2D eigenvalue weighted by atomic mass is 10.1. The maximum atomic E-state index is 15.7. The Labute approximate surface area is 228 Å². The number of halogens is 2. The standard InChI is InChI=1S/C29H26F2N6O3/c1-5-18-15-35(23(39)6-2)12-13-36(18)27-19-14-21(31)25(24-20(30)8-7-9-22(24)38)33-28(19)37(29(40)34-27)26-16(3)10-11-32-17(26)4/h5-11,14,18,38H,1-2,12-13,15H2,3-4H3. The summed E-state index contributed by atoms with van der Waals surface area (Å²) in [5, 5.41) is 10.6. The van der Waals surface area contributed by atoms with E-state index in [1.165, 1.54) is 22.8 Å². The van der Waals surface area contributed by atoms with Crippen LogP contribution in [0.25, 0.3) is 28.0 Å². The van der Waals surface area contributed by atoms with E-state index in [1.54, 1.807) is 42.0 Å². The number of hydrogen-bond acceptors (Lipinski definition) is 7. The molecule has 5 rings (SSSR count). The third kappa shape index (κ3) is 4.39. The van der Waals surface area contributed by atoms with Crippen LogP contribution in [0.4, 0.5) is 14.6 Å². The van der Waals surface area contributed by atoms with Crippen LogP contribution >= 0.6 is 0 Å². The minimum Gasteiger partial charge on any atom is -0.507 e. The number of carbonyl (C=O) groups is 1. The Kier molecular flexibility index (Phi) is 6.88. The highest BCUT2D eigenvalue weighted by molar-refractivity contribution is 5.91. The molecule has 1 unspecified atom stereocenters. The number of benzene rings is 1. The molecular formula is C29H26F2N6O3. The van der Waals surface area contributed by atoms with Crippen molar-refractivity contribution in [2.75, 3.05) is 24.5 Å². The molecule has 1 aliphatic rings. The number of aromatic hydroxyl groups is 1. The molecule has 4 heterocycles. The maximum absolute atomic E-state index is 15.7. The fraction of sp³-hybridized carbons (Fsp3) is 0.207. The Morgan fingerprint density at radius 2 is 1.90 bits per heavy atom. The van der Waals surface area contributed by atoms with Gasteiger partial charge in [0.05, 0.1) is 28.4 Å². The number of hydrogen-bond donors (Lipinski definition) is 1. The van der Waals surface area contributed by atoms with Crippen molar-refractivity contribution in [1.29, 1.82) is 0 Å². The second kappa shape index (κ2) is 10.3. The van der Waals surface area contributed by atoms with Gasteiger partial charge in [0, 0.05) is 25.8 Å². The highest BCUT2D eigenvalue weighted by Gasteiger charge is 2.31. The summed E-state index contributed by atoms with van der Waals surface area (Å²) < 4.78 is 31.8. The van der Waals surface area contributed by atoms with Gasteiger partial charge < -0.3 is 14.9 Å². The SMILES string of the molecule is C=CC(=O)N1CCN(c2nc(=O)n(-c3c(C)ccnc3C)c3nc(-c4c(O)cccc4F)c(F)cc23)C(C=C)C1. The van der Waals surface area contributed by atoms with E-state index in [0.717, 1.165) is 12.1 Å². The van der Waals surface area contributed by atoms with E-state index < -0.39 is 40.4 Å². The number of anilines is 1. The van der Waals surface area contributed by atoms with E-state index in [0.29, 0.717) is 23.5 Å². The number of fused-ring (bicyclic) bond motifs is 1. The smallest absolute Gasteiger partial charge is 0.355 e. The van der Waals surface area contributed by atoms with E-state index in [1.807, 2.05) is 0 Å². The first-order valence-electron chi connectivity index (χ1n) is 12.5. The number of phenolic OH excluding ortho intramolecular Hbond substituents is 1. The maximum Gasteiger partial charge on any atom is 0.355 e. The molecule has 1 aromatic carbocycles. The fourth-order valence-electron chi connectivity index (χ4n) is 5.08. The molecule has 3 aromatic heterocycles. The molecule has 0 radical (unpaired) electrons. The lowest BCUT2D eigenvalue weighted by Gasteiger charge is -2.40. The first kappa shape index (κ1) is 26.7. The van der Waals surface area contributed by atoms with Crippen molar-refractivity contribution in [3.05, 3.63) is 95.2 Å². The predicted molar refractivity (Wildman–Crippen MR) is 148 cm³/mol. The summed E-state index contributed by atoms with van der Waals surface area (Å²) in [6.45, 7) is 11.7. The summed E-state index contributed by atoms with van der Waals surface area (Å²) in [7, 11) is 0. The number of pyridine rings is 2. The molecule has 1 saturated heterocycles. The molecule has 11 heteroatoms. The van der Waals surface area contributed by atoms with Gasteiger partial charge in [0.15, 0.2) is 11.5 Å². The Hall–Kier alpha value is -4.93. The van der Waals surface area contributed by atoms with Gasteiger partial charge in [-0.2, -0.15) is 4.98 Å². The van der Waals surface area contributed by atoms with E-state index in [4.69, 9.17) is 0 Å². The molecule has 1 atom stereocenters. The second-order valence-corrected chi connectivity index (χ2v) is 9.42. The number of nitrogens with zero attached hydrogens (tertiary/aromatic N) is 6. The molecule has 9 nitrogen and oxygen atoms in total. The van der Waals surface area contributed by atoms with Crippen LogP contribution in [-0.2, 0) is 4.79 Å². The molecule has 204 valence electrons. The largest absolute Gasteiger partial charge is 0.507 e. The highest BCUT2D eigenvalue weighted by atomic mass is 19.1. The van der Waals surface area contributed by atoms with Gasteiger partial charge in [-0.1, -0.05) is 18.7 Å². The van der Waals surface area contributed by atoms with E-state index in [-0.39, 0.29) is 35.8 Å². The fourth-order valence-corrected chi connectivity index (χ4v) is 5.08. The Morgan fingerprint density at radius 1 is 1.12 bits per heavy atom. The summed E-state index contributed by atoms with van der Waals surface area (Å²) in [6.07, 6.45) is 4.44. The first-order valence-corrected chi connectivity index (χ1v) is 12.5. The van der Waals surface area contributed by atoms with Crippen LogP contribution in [0.2, 0.25) is 0 Å². The molecule has 1 amide bonds. The molecule has 4 aromatic rings. The van der Waals surface area contributed by atoms with Crippen LogP contribution in [0.3, 0.4) is 0 Å². The van der Waals surface area contributed by atoms with Crippen LogP contribution in [-0.4, -0.2) is 61.1 Å². The van der Waals surface area contributed by atoms with Crippen molar-refractivity contribution in [3.63, 3.8) is 0 Å². The normalized spacial score (nSPS) is 15.3. The van der Waals surface area contributed by atoms with Crippen molar-refractivity contribution in [2.24, 2.45) is 0 Å². The number of piperazine rings is 1. The Bertz CT molecular complexity index is 1710. The molecule has 0 bridgehead atoms. The molecule has 1 fully saturated rings. The van der Waals surface area contributed by atoms with Crippen LogP contribution < -0.4 is 10.6 Å². The zero-order chi connectivity index (χ0) is 28.7. The van der Waals surface area contributed by atoms with Gasteiger partial charge in [0.1, 0.15) is 23.1 Å². The lowest BCUT2D eigenvalue weighted by molar-refractivity contribution is -0.126. The predicted octanol–water partition coefficient (Wildman–Crippen LogP) is 3.83.